The Morgan fingerprint density at radius 1 is 1.17 bits per heavy atom. The first-order valence-electron chi connectivity index (χ1n) is 7.47. The first-order valence-corrected chi connectivity index (χ1v) is 8.26. The maximum atomic E-state index is 12.0. The molecule has 0 radical (unpaired) electrons. The molecular weight excluding hydrogens is 358 g/mol. The van der Waals surface area contributed by atoms with Gasteiger partial charge in [-0.1, -0.05) is 12.1 Å². The van der Waals surface area contributed by atoms with Crippen molar-refractivity contribution < 1.29 is 14.3 Å². The summed E-state index contributed by atoms with van der Waals surface area (Å²) in [5.74, 6) is 0.566. The van der Waals surface area contributed by atoms with E-state index in [1.54, 1.807) is 12.1 Å². The van der Waals surface area contributed by atoms with Gasteiger partial charge in [0.1, 0.15) is 5.75 Å². The zero-order valence-electron chi connectivity index (χ0n) is 12.5. The molecule has 0 fully saturated rings. The normalized spacial score (nSPS) is 13.3. The van der Waals surface area contributed by atoms with E-state index in [1.165, 1.54) is 0 Å². The lowest BCUT2D eigenvalue weighted by Crippen LogP contribution is -2.20. The summed E-state index contributed by atoms with van der Waals surface area (Å²) in [5, 5.41) is 2.78. The Morgan fingerprint density at radius 3 is 2.83 bits per heavy atom. The lowest BCUT2D eigenvalue weighted by molar-refractivity contribution is -0.118. The van der Waals surface area contributed by atoms with Crippen molar-refractivity contribution in [3.05, 3.63) is 58.1 Å². The minimum atomic E-state index is -0.231. The second-order valence-electron chi connectivity index (χ2n) is 5.41. The van der Waals surface area contributed by atoms with Crippen molar-refractivity contribution in [2.45, 2.75) is 19.3 Å². The Bertz CT molecular complexity index is 758. The number of ketones is 1. The van der Waals surface area contributed by atoms with Crippen molar-refractivity contribution in [3.63, 3.8) is 0 Å². The highest BCUT2D eigenvalue weighted by molar-refractivity contribution is 9.10. The van der Waals surface area contributed by atoms with E-state index < -0.39 is 0 Å². The van der Waals surface area contributed by atoms with Gasteiger partial charge in [0.2, 0.25) is 0 Å². The van der Waals surface area contributed by atoms with Crippen molar-refractivity contribution in [1.29, 1.82) is 0 Å². The van der Waals surface area contributed by atoms with Gasteiger partial charge in [0.25, 0.3) is 5.91 Å². The zero-order chi connectivity index (χ0) is 16.2. The highest BCUT2D eigenvalue weighted by Gasteiger charge is 2.17. The van der Waals surface area contributed by atoms with E-state index in [-0.39, 0.29) is 18.3 Å². The molecule has 5 heteroatoms. The quantitative estimate of drug-likeness (QED) is 0.881. The Hall–Kier alpha value is -2.14. The van der Waals surface area contributed by atoms with Crippen LogP contribution in [0.25, 0.3) is 0 Å². The van der Waals surface area contributed by atoms with Gasteiger partial charge in [0.15, 0.2) is 12.4 Å². The molecule has 0 aromatic heterocycles. The largest absolute Gasteiger partial charge is 0.484 e. The van der Waals surface area contributed by atoms with E-state index in [0.29, 0.717) is 17.9 Å². The summed E-state index contributed by atoms with van der Waals surface area (Å²) < 4.78 is 6.36. The van der Waals surface area contributed by atoms with Crippen molar-refractivity contribution >= 4 is 33.3 Å². The Labute approximate surface area is 143 Å². The van der Waals surface area contributed by atoms with Crippen molar-refractivity contribution in [2.24, 2.45) is 0 Å². The van der Waals surface area contributed by atoms with Gasteiger partial charge in [0, 0.05) is 16.5 Å². The molecule has 1 aliphatic rings. The number of hydrogen-bond donors (Lipinski definition) is 1. The van der Waals surface area contributed by atoms with Crippen LogP contribution < -0.4 is 10.1 Å². The third-order valence-corrected chi connectivity index (χ3v) is 4.44. The minimum absolute atomic E-state index is 0.0753. The minimum Gasteiger partial charge on any atom is -0.484 e. The Kier molecular flexibility index (Phi) is 4.76. The average molecular weight is 374 g/mol. The number of amides is 1. The van der Waals surface area contributed by atoms with Gasteiger partial charge >= 0.3 is 0 Å². The number of aryl methyl sites for hydroxylation is 1. The Balaban J connectivity index is 1.61. The van der Waals surface area contributed by atoms with Gasteiger partial charge in [-0.25, -0.2) is 0 Å². The van der Waals surface area contributed by atoms with E-state index in [9.17, 15) is 9.59 Å². The van der Waals surface area contributed by atoms with E-state index >= 15 is 0 Å². The predicted molar refractivity (Wildman–Crippen MR) is 92.0 cm³/mol. The van der Waals surface area contributed by atoms with Gasteiger partial charge in [-0.3, -0.25) is 9.59 Å². The number of para-hydroxylation sites is 1. The SMILES string of the molecule is O=C(COc1ccc2c(c1)CCCC2=O)Nc1ccccc1Br. The molecule has 2 aromatic carbocycles. The lowest BCUT2D eigenvalue weighted by Gasteiger charge is -2.16. The third kappa shape index (κ3) is 3.79. The molecule has 0 unspecified atom stereocenters. The summed E-state index contributed by atoms with van der Waals surface area (Å²) in [6.07, 6.45) is 2.36. The highest BCUT2D eigenvalue weighted by Crippen LogP contribution is 2.25. The monoisotopic (exact) mass is 373 g/mol. The number of Topliss-reactive ketones (excluding diaryl/α,β-unsaturated/α-hetero) is 1. The number of hydrogen-bond acceptors (Lipinski definition) is 3. The fourth-order valence-corrected chi connectivity index (χ4v) is 2.99. The molecule has 0 heterocycles. The number of carbonyl (C=O) groups excluding carboxylic acids is 2. The first kappa shape index (κ1) is 15.7. The van der Waals surface area contributed by atoms with E-state index in [1.807, 2.05) is 30.3 Å². The van der Waals surface area contributed by atoms with Crippen LogP contribution in [0.1, 0.15) is 28.8 Å². The molecule has 1 amide bonds. The number of nitrogens with one attached hydrogen (secondary N) is 1. The predicted octanol–water partition coefficient (Wildman–Crippen LogP) is 3.99. The molecule has 1 aliphatic carbocycles. The number of benzene rings is 2. The summed E-state index contributed by atoms with van der Waals surface area (Å²) in [6, 6.07) is 12.8. The molecule has 0 saturated carbocycles. The van der Waals surface area contributed by atoms with E-state index in [2.05, 4.69) is 21.2 Å². The fraction of sp³-hybridized carbons (Fsp3) is 0.222. The average Bonchev–Trinajstić information content (AvgIpc) is 2.55. The summed E-state index contributed by atoms with van der Waals surface area (Å²) >= 11 is 3.38. The molecular formula is C18H16BrNO3. The van der Waals surface area contributed by atoms with Crippen LogP contribution in [0.15, 0.2) is 46.9 Å². The van der Waals surface area contributed by atoms with Gasteiger partial charge < -0.3 is 10.1 Å². The van der Waals surface area contributed by atoms with Crippen LogP contribution in [0.5, 0.6) is 5.75 Å². The van der Waals surface area contributed by atoms with E-state index in [4.69, 9.17) is 4.74 Å². The van der Waals surface area contributed by atoms with E-state index in [0.717, 1.165) is 28.4 Å². The van der Waals surface area contributed by atoms with Gasteiger partial charge in [-0.2, -0.15) is 0 Å². The Morgan fingerprint density at radius 2 is 2.00 bits per heavy atom. The number of fused-ring (bicyclic) bond motifs is 1. The second-order valence-corrected chi connectivity index (χ2v) is 6.27. The van der Waals surface area contributed by atoms with Crippen molar-refractivity contribution in [2.75, 3.05) is 11.9 Å². The lowest BCUT2D eigenvalue weighted by atomic mass is 9.91. The van der Waals surface area contributed by atoms with Crippen LogP contribution in [-0.2, 0) is 11.2 Å². The summed E-state index contributed by atoms with van der Waals surface area (Å²) in [4.78, 5) is 23.8. The smallest absolute Gasteiger partial charge is 0.262 e. The van der Waals surface area contributed by atoms with Gasteiger partial charge in [-0.15, -0.1) is 0 Å². The summed E-state index contributed by atoms with van der Waals surface area (Å²) in [6.45, 7) is -0.0753. The molecule has 118 valence electrons. The second kappa shape index (κ2) is 6.96. The topological polar surface area (TPSA) is 55.4 Å². The molecule has 0 bridgehead atoms. The van der Waals surface area contributed by atoms with Crippen LogP contribution in [0.3, 0.4) is 0 Å². The maximum absolute atomic E-state index is 12.0. The molecule has 3 rings (SSSR count). The first-order chi connectivity index (χ1) is 11.1. The number of anilines is 1. The number of ether oxygens (including phenoxy) is 1. The van der Waals surface area contributed by atoms with Gasteiger partial charge in [-0.05, 0) is 64.7 Å². The maximum Gasteiger partial charge on any atom is 0.262 e. The molecule has 0 aliphatic heterocycles. The summed E-state index contributed by atoms with van der Waals surface area (Å²) in [5.41, 5.74) is 2.49. The third-order valence-electron chi connectivity index (χ3n) is 3.74. The molecule has 0 atom stereocenters. The molecule has 4 nitrogen and oxygen atoms in total. The van der Waals surface area contributed by atoms with Gasteiger partial charge in [0.05, 0.1) is 5.69 Å². The van der Waals surface area contributed by atoms with Crippen LogP contribution in [0, 0.1) is 0 Å². The molecule has 0 saturated heterocycles. The molecule has 1 N–H and O–H groups in total. The number of carbonyl (C=O) groups is 2. The highest BCUT2D eigenvalue weighted by atomic mass is 79.9. The van der Waals surface area contributed by atoms with Crippen LogP contribution in [-0.4, -0.2) is 18.3 Å². The molecule has 23 heavy (non-hydrogen) atoms. The zero-order valence-corrected chi connectivity index (χ0v) is 14.1. The summed E-state index contributed by atoms with van der Waals surface area (Å²) in [7, 11) is 0. The van der Waals surface area contributed by atoms with Crippen LogP contribution >= 0.6 is 15.9 Å². The molecule has 2 aromatic rings. The number of halogens is 1. The fourth-order valence-electron chi connectivity index (χ4n) is 2.61. The molecule has 0 spiro atoms. The van der Waals surface area contributed by atoms with Crippen molar-refractivity contribution in [3.8, 4) is 5.75 Å². The standard InChI is InChI=1S/C18H16BrNO3/c19-15-5-1-2-6-16(15)20-18(22)11-23-13-8-9-14-12(10-13)4-3-7-17(14)21/h1-2,5-6,8-10H,3-4,7,11H2,(H,20,22). The van der Waals surface area contributed by atoms with Crippen molar-refractivity contribution in [1.82, 2.24) is 0 Å². The number of rotatable bonds is 4. The van der Waals surface area contributed by atoms with Crippen LogP contribution in [0.2, 0.25) is 0 Å². The van der Waals surface area contributed by atoms with Crippen LogP contribution in [0.4, 0.5) is 5.69 Å².